The van der Waals surface area contributed by atoms with Crippen LogP contribution in [-0.4, -0.2) is 65.3 Å². The molecule has 18 heavy (non-hydrogen) atoms. The van der Waals surface area contributed by atoms with Crippen LogP contribution in [0.5, 0.6) is 0 Å². The zero-order valence-corrected chi connectivity index (χ0v) is 11.0. The fourth-order valence-corrected chi connectivity index (χ4v) is 1.65. The van der Waals surface area contributed by atoms with Crippen LogP contribution < -0.4 is 5.32 Å². The van der Waals surface area contributed by atoms with Gasteiger partial charge in [0.2, 0.25) is 0 Å². The van der Waals surface area contributed by atoms with E-state index >= 15 is 0 Å². The first kappa shape index (κ1) is 15.4. The van der Waals surface area contributed by atoms with Gasteiger partial charge in [-0.3, -0.25) is 4.79 Å². The Morgan fingerprint density at radius 3 is 2.39 bits per heavy atom. The van der Waals surface area contributed by atoms with Crippen molar-refractivity contribution in [1.29, 1.82) is 0 Å². The molecule has 0 bridgehead atoms. The van der Waals surface area contributed by atoms with Crippen molar-refractivity contribution < 1.29 is 23.7 Å². The number of esters is 1. The third-order valence-corrected chi connectivity index (χ3v) is 2.62. The van der Waals surface area contributed by atoms with E-state index in [1.807, 2.05) is 0 Å². The van der Waals surface area contributed by atoms with Gasteiger partial charge in [-0.15, -0.1) is 0 Å². The number of hydrogen-bond donors (Lipinski definition) is 1. The second kappa shape index (κ2) is 10.3. The Bertz CT molecular complexity index is 219. The summed E-state index contributed by atoms with van der Waals surface area (Å²) in [5.74, 6) is -0.174. The van der Waals surface area contributed by atoms with Crippen molar-refractivity contribution in [2.24, 2.45) is 0 Å². The number of carbonyl (C=O) groups is 1. The minimum atomic E-state index is -0.174. The number of hydrogen-bond acceptors (Lipinski definition) is 6. The molecular weight excluding hydrogens is 238 g/mol. The van der Waals surface area contributed by atoms with Crippen molar-refractivity contribution in [2.45, 2.75) is 18.9 Å². The average Bonchev–Trinajstić information content (AvgIpc) is 2.90. The molecule has 0 aromatic carbocycles. The third-order valence-electron chi connectivity index (χ3n) is 2.62. The van der Waals surface area contributed by atoms with E-state index in [0.29, 0.717) is 39.6 Å². The van der Waals surface area contributed by atoms with Crippen LogP contribution in [0.3, 0.4) is 0 Å². The minimum Gasteiger partial charge on any atom is -0.462 e. The summed E-state index contributed by atoms with van der Waals surface area (Å²) in [6.07, 6.45) is 1.90. The number of methoxy groups -OCH3 is 1. The van der Waals surface area contributed by atoms with Gasteiger partial charge in [0.25, 0.3) is 0 Å². The summed E-state index contributed by atoms with van der Waals surface area (Å²) >= 11 is 0. The second-order valence-corrected chi connectivity index (χ2v) is 4.03. The van der Waals surface area contributed by atoms with Crippen LogP contribution in [0.25, 0.3) is 0 Å². The Labute approximate surface area is 108 Å². The van der Waals surface area contributed by atoms with Crippen molar-refractivity contribution in [2.75, 3.05) is 53.3 Å². The molecule has 0 unspecified atom stereocenters. The molecule has 0 radical (unpaired) electrons. The Morgan fingerprint density at radius 1 is 1.11 bits per heavy atom. The van der Waals surface area contributed by atoms with E-state index in [1.54, 1.807) is 7.11 Å². The molecule has 0 amide bonds. The fourth-order valence-electron chi connectivity index (χ4n) is 1.65. The zero-order valence-electron chi connectivity index (χ0n) is 11.0. The highest BCUT2D eigenvalue weighted by Crippen LogP contribution is 2.06. The lowest BCUT2D eigenvalue weighted by molar-refractivity contribution is -0.147. The molecule has 1 saturated heterocycles. The lowest BCUT2D eigenvalue weighted by Gasteiger charge is -2.10. The highest BCUT2D eigenvalue weighted by Gasteiger charge is 2.22. The summed E-state index contributed by atoms with van der Waals surface area (Å²) < 4.78 is 20.4. The molecule has 1 rings (SSSR count). The molecule has 6 heteroatoms. The van der Waals surface area contributed by atoms with Crippen molar-refractivity contribution in [3.05, 3.63) is 0 Å². The van der Waals surface area contributed by atoms with E-state index in [2.05, 4.69) is 5.32 Å². The summed E-state index contributed by atoms with van der Waals surface area (Å²) in [7, 11) is 1.63. The largest absolute Gasteiger partial charge is 0.462 e. The standard InChI is InChI=1S/C12H23NO5/c1-15-5-6-16-7-8-17-9-10-18-12(14)11-3-2-4-13-11/h11,13H,2-10H2,1H3/t11-/m0/s1. The van der Waals surface area contributed by atoms with Gasteiger partial charge in [-0.25, -0.2) is 0 Å². The molecular formula is C12H23NO5. The maximum Gasteiger partial charge on any atom is 0.323 e. The summed E-state index contributed by atoms with van der Waals surface area (Å²) in [4.78, 5) is 11.5. The highest BCUT2D eigenvalue weighted by molar-refractivity contribution is 5.76. The van der Waals surface area contributed by atoms with E-state index < -0.39 is 0 Å². The first-order valence-electron chi connectivity index (χ1n) is 6.39. The van der Waals surface area contributed by atoms with Gasteiger partial charge in [0.1, 0.15) is 12.6 Å². The normalized spacial score (nSPS) is 19.1. The highest BCUT2D eigenvalue weighted by atomic mass is 16.6. The number of ether oxygens (including phenoxy) is 4. The van der Waals surface area contributed by atoms with Gasteiger partial charge in [0.05, 0.1) is 33.0 Å². The lowest BCUT2D eigenvalue weighted by atomic mass is 10.2. The van der Waals surface area contributed by atoms with Crippen molar-refractivity contribution in [3.8, 4) is 0 Å². The average molecular weight is 261 g/mol. The number of carbonyl (C=O) groups excluding carboxylic acids is 1. The van der Waals surface area contributed by atoms with E-state index in [4.69, 9.17) is 18.9 Å². The summed E-state index contributed by atoms with van der Waals surface area (Å²) in [5, 5.41) is 3.09. The van der Waals surface area contributed by atoms with Crippen molar-refractivity contribution in [1.82, 2.24) is 5.32 Å². The quantitative estimate of drug-likeness (QED) is 0.440. The summed E-state index contributed by atoms with van der Waals surface area (Å²) in [6.45, 7) is 3.80. The van der Waals surface area contributed by atoms with Gasteiger partial charge in [-0.1, -0.05) is 0 Å². The first-order valence-corrected chi connectivity index (χ1v) is 6.39. The zero-order chi connectivity index (χ0) is 13.1. The van der Waals surface area contributed by atoms with Gasteiger partial charge in [-0.2, -0.15) is 0 Å². The van der Waals surface area contributed by atoms with E-state index in [1.165, 1.54) is 0 Å². The van der Waals surface area contributed by atoms with Gasteiger partial charge in [0.15, 0.2) is 0 Å². The van der Waals surface area contributed by atoms with Gasteiger partial charge < -0.3 is 24.3 Å². The summed E-state index contributed by atoms with van der Waals surface area (Å²) in [5.41, 5.74) is 0. The predicted molar refractivity (Wildman–Crippen MR) is 65.5 cm³/mol. The number of rotatable bonds is 10. The van der Waals surface area contributed by atoms with Crippen molar-refractivity contribution >= 4 is 5.97 Å². The molecule has 1 fully saturated rings. The van der Waals surface area contributed by atoms with E-state index in [-0.39, 0.29) is 12.0 Å². The third kappa shape index (κ3) is 6.90. The SMILES string of the molecule is COCCOCCOCCOC(=O)[C@@H]1CCCN1. The van der Waals surface area contributed by atoms with Crippen LogP contribution in [0.4, 0.5) is 0 Å². The fraction of sp³-hybridized carbons (Fsp3) is 0.917. The van der Waals surface area contributed by atoms with Crippen LogP contribution in [0, 0.1) is 0 Å². The molecule has 1 N–H and O–H groups in total. The van der Waals surface area contributed by atoms with Gasteiger partial charge in [0, 0.05) is 7.11 Å². The monoisotopic (exact) mass is 261 g/mol. The number of nitrogens with one attached hydrogen (secondary N) is 1. The Balaban J connectivity index is 1.82. The molecule has 1 heterocycles. The van der Waals surface area contributed by atoms with Gasteiger partial charge in [-0.05, 0) is 19.4 Å². The van der Waals surface area contributed by atoms with Crippen LogP contribution in [0.1, 0.15) is 12.8 Å². The maximum absolute atomic E-state index is 11.5. The molecule has 106 valence electrons. The van der Waals surface area contributed by atoms with Crippen LogP contribution in [0.15, 0.2) is 0 Å². The molecule has 0 spiro atoms. The van der Waals surface area contributed by atoms with Crippen LogP contribution in [-0.2, 0) is 23.7 Å². The lowest BCUT2D eigenvalue weighted by Crippen LogP contribution is -2.33. The molecule has 1 aliphatic heterocycles. The Hall–Kier alpha value is -0.690. The summed E-state index contributed by atoms with van der Waals surface area (Å²) in [6, 6.07) is -0.123. The Kier molecular flexibility index (Phi) is 8.75. The molecule has 0 saturated carbocycles. The van der Waals surface area contributed by atoms with Gasteiger partial charge >= 0.3 is 5.97 Å². The predicted octanol–water partition coefficient (Wildman–Crippen LogP) is -0.0388. The van der Waals surface area contributed by atoms with Crippen molar-refractivity contribution in [3.63, 3.8) is 0 Å². The molecule has 1 atom stereocenters. The smallest absolute Gasteiger partial charge is 0.323 e. The van der Waals surface area contributed by atoms with E-state index in [0.717, 1.165) is 19.4 Å². The molecule has 0 aliphatic carbocycles. The molecule has 1 aliphatic rings. The van der Waals surface area contributed by atoms with E-state index in [9.17, 15) is 4.79 Å². The molecule has 0 aromatic rings. The Morgan fingerprint density at radius 2 is 1.78 bits per heavy atom. The van der Waals surface area contributed by atoms with Crippen LogP contribution in [0.2, 0.25) is 0 Å². The van der Waals surface area contributed by atoms with Crippen LogP contribution >= 0.6 is 0 Å². The first-order chi connectivity index (χ1) is 8.84. The topological polar surface area (TPSA) is 66.0 Å². The maximum atomic E-state index is 11.5. The second-order valence-electron chi connectivity index (χ2n) is 4.03. The minimum absolute atomic E-state index is 0.123. The molecule has 0 aromatic heterocycles. The molecule has 6 nitrogen and oxygen atoms in total.